The molecule has 0 aromatic heterocycles. The van der Waals surface area contributed by atoms with E-state index >= 15 is 0 Å². The number of aliphatic hydroxyl groups is 1. The van der Waals surface area contributed by atoms with Gasteiger partial charge in [0.2, 0.25) is 0 Å². The van der Waals surface area contributed by atoms with Crippen molar-refractivity contribution in [3.05, 3.63) is 29.8 Å². The van der Waals surface area contributed by atoms with Crippen LogP contribution in [0.1, 0.15) is 12.0 Å². The molecule has 1 aromatic carbocycles. The van der Waals surface area contributed by atoms with Crippen LogP contribution in [0.15, 0.2) is 24.3 Å². The Kier molecular flexibility index (Phi) is 6.92. The molecule has 0 fully saturated rings. The number of hydrogen-bond acceptors (Lipinski definition) is 4. The highest BCUT2D eigenvalue weighted by molar-refractivity contribution is 5.70. The minimum Gasteiger partial charge on any atom is -0.497 e. The van der Waals surface area contributed by atoms with Crippen LogP contribution in [0.2, 0.25) is 0 Å². The first-order valence-electron chi connectivity index (χ1n) is 6.21. The zero-order valence-electron chi connectivity index (χ0n) is 11.0. The van der Waals surface area contributed by atoms with Crippen molar-refractivity contribution in [1.29, 1.82) is 0 Å². The van der Waals surface area contributed by atoms with E-state index in [-0.39, 0.29) is 13.2 Å². The molecule has 5 nitrogen and oxygen atoms in total. The highest BCUT2D eigenvalue weighted by atomic mass is 16.5. The van der Waals surface area contributed by atoms with E-state index in [1.807, 2.05) is 24.3 Å². The number of carboxylic acids is 1. The lowest BCUT2D eigenvalue weighted by Gasteiger charge is -2.12. The number of aliphatic carboxylic acids is 1. The van der Waals surface area contributed by atoms with Gasteiger partial charge in [0, 0.05) is 6.61 Å². The first kappa shape index (κ1) is 15.5. The van der Waals surface area contributed by atoms with E-state index < -0.39 is 11.9 Å². The molecule has 0 aliphatic heterocycles. The number of carboxylic acid groups (broad SMARTS) is 1. The zero-order valence-corrected chi connectivity index (χ0v) is 11.0. The molecule has 0 aliphatic rings. The van der Waals surface area contributed by atoms with Gasteiger partial charge < -0.3 is 19.7 Å². The number of rotatable bonds is 9. The molecule has 1 unspecified atom stereocenters. The average Bonchev–Trinajstić information content (AvgIpc) is 2.42. The van der Waals surface area contributed by atoms with E-state index in [1.165, 1.54) is 0 Å². The molecule has 0 bridgehead atoms. The fraction of sp³-hybridized carbons (Fsp3) is 0.500. The van der Waals surface area contributed by atoms with E-state index in [9.17, 15) is 4.79 Å². The summed E-state index contributed by atoms with van der Waals surface area (Å²) in [5.74, 6) is -0.558. The summed E-state index contributed by atoms with van der Waals surface area (Å²) in [6, 6.07) is 7.36. The zero-order chi connectivity index (χ0) is 14.1. The van der Waals surface area contributed by atoms with Gasteiger partial charge in [-0.15, -0.1) is 0 Å². The highest BCUT2D eigenvalue weighted by Gasteiger charge is 2.17. The van der Waals surface area contributed by atoms with Gasteiger partial charge in [-0.1, -0.05) is 12.1 Å². The summed E-state index contributed by atoms with van der Waals surface area (Å²) in [6.07, 6.45) is 0.892. The lowest BCUT2D eigenvalue weighted by molar-refractivity contribution is -0.142. The van der Waals surface area contributed by atoms with E-state index in [1.54, 1.807) is 7.11 Å². The monoisotopic (exact) mass is 268 g/mol. The van der Waals surface area contributed by atoms with Gasteiger partial charge in [0.05, 0.1) is 26.2 Å². The fourth-order valence-corrected chi connectivity index (χ4v) is 1.75. The van der Waals surface area contributed by atoms with Crippen molar-refractivity contribution in [1.82, 2.24) is 0 Å². The maximum Gasteiger partial charge on any atom is 0.306 e. The van der Waals surface area contributed by atoms with Gasteiger partial charge in [0.1, 0.15) is 5.75 Å². The maximum atomic E-state index is 11.2. The van der Waals surface area contributed by atoms with Crippen molar-refractivity contribution in [2.45, 2.75) is 12.8 Å². The van der Waals surface area contributed by atoms with Crippen LogP contribution in [0.5, 0.6) is 5.75 Å². The van der Waals surface area contributed by atoms with Crippen LogP contribution in [-0.2, 0) is 16.0 Å². The SMILES string of the molecule is COc1ccc(CC(CCOCCO)C(=O)O)cc1. The lowest BCUT2D eigenvalue weighted by atomic mass is 9.96. The standard InChI is InChI=1S/C14H20O5/c1-18-13-4-2-11(3-5-13)10-12(14(16)17)6-8-19-9-7-15/h2-5,12,15H,6-10H2,1H3,(H,16,17). The lowest BCUT2D eigenvalue weighted by Crippen LogP contribution is -2.19. The second kappa shape index (κ2) is 8.50. The van der Waals surface area contributed by atoms with Crippen molar-refractivity contribution in [3.8, 4) is 5.75 Å². The number of methoxy groups -OCH3 is 1. The molecule has 0 radical (unpaired) electrons. The van der Waals surface area contributed by atoms with Gasteiger partial charge >= 0.3 is 5.97 Å². The summed E-state index contributed by atoms with van der Waals surface area (Å²) >= 11 is 0. The third-order valence-corrected chi connectivity index (χ3v) is 2.84. The van der Waals surface area contributed by atoms with E-state index in [4.69, 9.17) is 19.7 Å². The Labute approximate surface area is 112 Å². The maximum absolute atomic E-state index is 11.2. The molecule has 106 valence electrons. The molecule has 0 saturated heterocycles. The van der Waals surface area contributed by atoms with Crippen LogP contribution in [0, 0.1) is 5.92 Å². The second-order valence-electron chi connectivity index (χ2n) is 4.21. The molecule has 2 N–H and O–H groups in total. The van der Waals surface area contributed by atoms with Crippen LogP contribution < -0.4 is 4.74 Å². The number of benzene rings is 1. The molecule has 0 aliphatic carbocycles. The molecule has 1 atom stereocenters. The summed E-state index contributed by atoms with van der Waals surface area (Å²) in [6.45, 7) is 0.540. The minimum atomic E-state index is -0.830. The molecule has 0 spiro atoms. The van der Waals surface area contributed by atoms with Crippen LogP contribution in [0.3, 0.4) is 0 Å². The van der Waals surface area contributed by atoms with E-state index in [2.05, 4.69) is 0 Å². The average molecular weight is 268 g/mol. The summed E-state index contributed by atoms with van der Waals surface area (Å²) in [7, 11) is 1.59. The normalized spacial score (nSPS) is 12.1. The Morgan fingerprint density at radius 2 is 1.95 bits per heavy atom. The van der Waals surface area contributed by atoms with Gasteiger partial charge in [-0.3, -0.25) is 4.79 Å². The quantitative estimate of drug-likeness (QED) is 0.661. The molecule has 0 heterocycles. The predicted octanol–water partition coefficient (Wildman–Crippen LogP) is 1.34. The third-order valence-electron chi connectivity index (χ3n) is 2.84. The van der Waals surface area contributed by atoms with Gasteiger partial charge in [-0.2, -0.15) is 0 Å². The summed E-state index contributed by atoms with van der Waals surface area (Å²) in [5, 5.41) is 17.7. The van der Waals surface area contributed by atoms with Crippen LogP contribution >= 0.6 is 0 Å². The fourth-order valence-electron chi connectivity index (χ4n) is 1.75. The summed E-state index contributed by atoms with van der Waals surface area (Å²) < 4.78 is 10.2. The smallest absolute Gasteiger partial charge is 0.306 e. The molecule has 0 saturated carbocycles. The van der Waals surface area contributed by atoms with Crippen molar-refractivity contribution in [2.75, 3.05) is 26.9 Å². The second-order valence-corrected chi connectivity index (χ2v) is 4.21. The number of hydrogen-bond donors (Lipinski definition) is 2. The largest absolute Gasteiger partial charge is 0.497 e. The van der Waals surface area contributed by atoms with Crippen molar-refractivity contribution < 1.29 is 24.5 Å². The molecular weight excluding hydrogens is 248 g/mol. The Morgan fingerprint density at radius 3 is 2.47 bits per heavy atom. The minimum absolute atomic E-state index is 0.0454. The summed E-state index contributed by atoms with van der Waals surface area (Å²) in [5.41, 5.74) is 0.954. The van der Waals surface area contributed by atoms with Gasteiger partial charge in [-0.05, 0) is 30.5 Å². The predicted molar refractivity (Wildman–Crippen MR) is 70.3 cm³/mol. The first-order valence-corrected chi connectivity index (χ1v) is 6.21. The van der Waals surface area contributed by atoms with Crippen LogP contribution in [0.4, 0.5) is 0 Å². The Hall–Kier alpha value is -1.59. The number of ether oxygens (including phenoxy) is 2. The Morgan fingerprint density at radius 1 is 1.26 bits per heavy atom. The van der Waals surface area contributed by atoms with E-state index in [0.717, 1.165) is 11.3 Å². The molecular formula is C14H20O5. The molecule has 1 aromatic rings. The molecule has 19 heavy (non-hydrogen) atoms. The first-order chi connectivity index (χ1) is 9.17. The summed E-state index contributed by atoms with van der Waals surface area (Å²) in [4.78, 5) is 11.2. The van der Waals surface area contributed by atoms with Crippen molar-refractivity contribution in [3.63, 3.8) is 0 Å². The van der Waals surface area contributed by atoms with Gasteiger partial charge in [-0.25, -0.2) is 0 Å². The van der Waals surface area contributed by atoms with Gasteiger partial charge in [0.25, 0.3) is 0 Å². The van der Waals surface area contributed by atoms with Crippen LogP contribution in [-0.4, -0.2) is 43.1 Å². The number of aliphatic hydroxyl groups excluding tert-OH is 1. The van der Waals surface area contributed by atoms with Crippen LogP contribution in [0.25, 0.3) is 0 Å². The number of carbonyl (C=O) groups is 1. The highest BCUT2D eigenvalue weighted by Crippen LogP contribution is 2.17. The van der Waals surface area contributed by atoms with Gasteiger partial charge in [0.15, 0.2) is 0 Å². The molecule has 1 rings (SSSR count). The molecule has 5 heteroatoms. The van der Waals surface area contributed by atoms with E-state index in [0.29, 0.717) is 19.4 Å². The molecule has 0 amide bonds. The Balaban J connectivity index is 2.49. The van der Waals surface area contributed by atoms with Crippen molar-refractivity contribution >= 4 is 5.97 Å². The topological polar surface area (TPSA) is 76.0 Å². The third kappa shape index (κ3) is 5.72. The Bertz CT molecular complexity index is 374. The van der Waals surface area contributed by atoms with Crippen molar-refractivity contribution in [2.24, 2.45) is 5.92 Å².